The molecule has 14 heavy (non-hydrogen) atoms. The van der Waals surface area contributed by atoms with Gasteiger partial charge in [-0.05, 0) is 6.07 Å². The zero-order valence-electron chi connectivity index (χ0n) is 7.53. The van der Waals surface area contributed by atoms with Crippen molar-refractivity contribution in [1.82, 2.24) is 0 Å². The molecule has 0 saturated carbocycles. The number of carboxylic acids is 1. The van der Waals surface area contributed by atoms with Gasteiger partial charge in [-0.25, -0.2) is 4.39 Å². The van der Waals surface area contributed by atoms with E-state index in [1.54, 1.807) is 0 Å². The molecule has 0 bridgehead atoms. The number of nitrogens with two attached hydrogens (primary N) is 1. The summed E-state index contributed by atoms with van der Waals surface area (Å²) in [6, 6.07) is 2.33. The van der Waals surface area contributed by atoms with Crippen LogP contribution < -0.4 is 10.5 Å². The number of carboxylic acid groups (broad SMARTS) is 1. The van der Waals surface area contributed by atoms with Gasteiger partial charge in [-0.1, -0.05) is 6.07 Å². The van der Waals surface area contributed by atoms with Crippen molar-refractivity contribution in [2.24, 2.45) is 5.73 Å². The minimum absolute atomic E-state index is 0.139. The van der Waals surface area contributed by atoms with Crippen LogP contribution in [0, 0.1) is 5.82 Å². The summed E-state index contributed by atoms with van der Waals surface area (Å²) in [5, 5.41) is 8.65. The zero-order valence-corrected chi connectivity index (χ0v) is 7.53. The fraction of sp³-hybridized carbons (Fsp3) is 0.222. The molecule has 0 spiro atoms. The molecule has 0 amide bonds. The van der Waals surface area contributed by atoms with Crippen molar-refractivity contribution in [3.05, 3.63) is 29.6 Å². The smallest absolute Gasteiger partial charge is 0.325 e. The zero-order chi connectivity index (χ0) is 10.7. The predicted molar refractivity (Wildman–Crippen MR) is 47.5 cm³/mol. The van der Waals surface area contributed by atoms with Crippen molar-refractivity contribution >= 4 is 5.97 Å². The van der Waals surface area contributed by atoms with Crippen LogP contribution in [0.1, 0.15) is 11.6 Å². The lowest BCUT2D eigenvalue weighted by Crippen LogP contribution is -2.21. The predicted octanol–water partition coefficient (Wildman–Crippen LogP) is 0.919. The van der Waals surface area contributed by atoms with E-state index in [4.69, 9.17) is 15.6 Å². The Kier molecular flexibility index (Phi) is 3.03. The summed E-state index contributed by atoms with van der Waals surface area (Å²) < 4.78 is 17.5. The molecule has 0 fully saturated rings. The molecule has 4 nitrogen and oxygen atoms in total. The van der Waals surface area contributed by atoms with E-state index in [0.29, 0.717) is 0 Å². The van der Waals surface area contributed by atoms with Crippen molar-refractivity contribution in [2.45, 2.75) is 6.04 Å². The van der Waals surface area contributed by atoms with Crippen molar-refractivity contribution < 1.29 is 19.0 Å². The number of ether oxygens (including phenoxy) is 1. The van der Waals surface area contributed by atoms with E-state index in [9.17, 15) is 9.18 Å². The van der Waals surface area contributed by atoms with Crippen LogP contribution in [0.25, 0.3) is 0 Å². The van der Waals surface area contributed by atoms with Gasteiger partial charge >= 0.3 is 5.97 Å². The molecule has 76 valence electrons. The second kappa shape index (κ2) is 4.06. The van der Waals surface area contributed by atoms with Gasteiger partial charge in [-0.15, -0.1) is 0 Å². The highest BCUT2D eigenvalue weighted by atomic mass is 19.1. The van der Waals surface area contributed by atoms with Crippen molar-refractivity contribution in [2.75, 3.05) is 7.11 Å². The van der Waals surface area contributed by atoms with Gasteiger partial charge in [0.2, 0.25) is 0 Å². The Morgan fingerprint density at radius 2 is 2.29 bits per heavy atom. The first-order chi connectivity index (χ1) is 6.56. The molecule has 1 aromatic carbocycles. The van der Waals surface area contributed by atoms with Crippen LogP contribution in [0.3, 0.4) is 0 Å². The summed E-state index contributed by atoms with van der Waals surface area (Å²) in [7, 11) is 1.33. The van der Waals surface area contributed by atoms with E-state index in [0.717, 1.165) is 12.1 Å². The fourth-order valence-corrected chi connectivity index (χ4v) is 1.07. The van der Waals surface area contributed by atoms with Gasteiger partial charge < -0.3 is 15.6 Å². The standard InChI is InChI=1S/C9H10FNO3/c1-14-7-4-5(10)2-3-6(7)8(11)9(12)13/h2-4,8H,11H2,1H3,(H,12,13)/t8-/m1/s1. The van der Waals surface area contributed by atoms with E-state index in [1.807, 2.05) is 0 Å². The van der Waals surface area contributed by atoms with E-state index < -0.39 is 17.8 Å². The second-order valence-corrected chi connectivity index (χ2v) is 2.70. The number of carbonyl (C=O) groups is 1. The molecular formula is C9H10FNO3. The molecule has 1 rings (SSSR count). The fourth-order valence-electron chi connectivity index (χ4n) is 1.07. The first-order valence-corrected chi connectivity index (χ1v) is 3.88. The quantitative estimate of drug-likeness (QED) is 0.759. The Morgan fingerprint density at radius 1 is 1.64 bits per heavy atom. The highest BCUT2D eigenvalue weighted by Crippen LogP contribution is 2.24. The van der Waals surface area contributed by atoms with Gasteiger partial charge in [-0.2, -0.15) is 0 Å². The van der Waals surface area contributed by atoms with Crippen LogP contribution >= 0.6 is 0 Å². The number of hydrogen-bond donors (Lipinski definition) is 2. The molecule has 0 aliphatic carbocycles. The van der Waals surface area contributed by atoms with Crippen molar-refractivity contribution in [1.29, 1.82) is 0 Å². The van der Waals surface area contributed by atoms with Gasteiger partial charge in [0.25, 0.3) is 0 Å². The second-order valence-electron chi connectivity index (χ2n) is 2.70. The van der Waals surface area contributed by atoms with Gasteiger partial charge in [-0.3, -0.25) is 4.79 Å². The molecule has 3 N–H and O–H groups in total. The molecule has 0 heterocycles. The summed E-state index contributed by atoms with van der Waals surface area (Å²) >= 11 is 0. The van der Waals surface area contributed by atoms with Crippen LogP contribution in [-0.4, -0.2) is 18.2 Å². The lowest BCUT2D eigenvalue weighted by molar-refractivity contribution is -0.138. The number of rotatable bonds is 3. The summed E-state index contributed by atoms with van der Waals surface area (Å²) in [4.78, 5) is 10.6. The van der Waals surface area contributed by atoms with Crippen LogP contribution in [-0.2, 0) is 4.79 Å². The summed E-state index contributed by atoms with van der Waals surface area (Å²) in [6.07, 6.45) is 0. The third-order valence-corrected chi connectivity index (χ3v) is 1.80. The molecule has 0 radical (unpaired) electrons. The molecule has 0 saturated heterocycles. The number of benzene rings is 1. The number of methoxy groups -OCH3 is 1. The molecule has 0 aliphatic heterocycles. The number of hydrogen-bond acceptors (Lipinski definition) is 3. The number of halogens is 1. The molecule has 0 aromatic heterocycles. The summed E-state index contributed by atoms with van der Waals surface area (Å²) in [5.74, 6) is -1.54. The van der Waals surface area contributed by atoms with Crippen LogP contribution in [0.4, 0.5) is 4.39 Å². The van der Waals surface area contributed by atoms with Gasteiger partial charge in [0.1, 0.15) is 17.6 Å². The maximum absolute atomic E-state index is 12.7. The Morgan fingerprint density at radius 3 is 2.79 bits per heavy atom. The average molecular weight is 199 g/mol. The SMILES string of the molecule is COc1cc(F)ccc1[C@@H](N)C(=O)O. The molecule has 5 heteroatoms. The van der Waals surface area contributed by atoms with Crippen LogP contribution in [0.15, 0.2) is 18.2 Å². The minimum atomic E-state index is -1.20. The monoisotopic (exact) mass is 199 g/mol. The highest BCUT2D eigenvalue weighted by Gasteiger charge is 2.18. The lowest BCUT2D eigenvalue weighted by atomic mass is 10.1. The Hall–Kier alpha value is -1.62. The van der Waals surface area contributed by atoms with E-state index in [1.165, 1.54) is 13.2 Å². The Bertz CT molecular complexity index is 354. The lowest BCUT2D eigenvalue weighted by Gasteiger charge is -2.11. The third-order valence-electron chi connectivity index (χ3n) is 1.80. The van der Waals surface area contributed by atoms with E-state index >= 15 is 0 Å². The van der Waals surface area contributed by atoms with Gasteiger partial charge in [0, 0.05) is 11.6 Å². The molecule has 1 atom stereocenters. The third kappa shape index (κ3) is 2.00. The Labute approximate surface area is 80.1 Å². The van der Waals surface area contributed by atoms with Gasteiger partial charge in [0.05, 0.1) is 7.11 Å². The first-order valence-electron chi connectivity index (χ1n) is 3.88. The summed E-state index contributed by atoms with van der Waals surface area (Å²) in [5.41, 5.74) is 5.61. The minimum Gasteiger partial charge on any atom is -0.496 e. The summed E-state index contributed by atoms with van der Waals surface area (Å²) in [6.45, 7) is 0. The Balaban J connectivity index is 3.13. The topological polar surface area (TPSA) is 72.5 Å². The van der Waals surface area contributed by atoms with Gasteiger partial charge in [0.15, 0.2) is 0 Å². The van der Waals surface area contributed by atoms with Crippen molar-refractivity contribution in [3.8, 4) is 5.75 Å². The van der Waals surface area contributed by atoms with Crippen LogP contribution in [0.2, 0.25) is 0 Å². The highest BCUT2D eigenvalue weighted by molar-refractivity contribution is 5.76. The first kappa shape index (κ1) is 10.5. The molecule has 0 unspecified atom stereocenters. The molecule has 1 aromatic rings. The largest absolute Gasteiger partial charge is 0.496 e. The normalized spacial score (nSPS) is 12.2. The molecular weight excluding hydrogens is 189 g/mol. The maximum Gasteiger partial charge on any atom is 0.325 e. The maximum atomic E-state index is 12.7. The number of aliphatic carboxylic acids is 1. The van der Waals surface area contributed by atoms with E-state index in [2.05, 4.69) is 0 Å². The molecule has 0 aliphatic rings. The van der Waals surface area contributed by atoms with Crippen molar-refractivity contribution in [3.63, 3.8) is 0 Å². The van der Waals surface area contributed by atoms with E-state index in [-0.39, 0.29) is 11.3 Å². The average Bonchev–Trinajstić information content (AvgIpc) is 2.16. The van der Waals surface area contributed by atoms with Crippen LogP contribution in [0.5, 0.6) is 5.75 Å².